The molecule has 1 heterocycles. The van der Waals surface area contributed by atoms with E-state index in [-0.39, 0.29) is 18.2 Å². The lowest BCUT2D eigenvalue weighted by Gasteiger charge is -2.32. The Labute approximate surface area is 137 Å². The largest absolute Gasteiger partial charge is 0.333 e. The van der Waals surface area contributed by atoms with Gasteiger partial charge in [-0.1, -0.05) is 43.7 Å². The van der Waals surface area contributed by atoms with Gasteiger partial charge >= 0.3 is 6.03 Å². The standard InChI is InChI=1S/C18H24N2O3/c1-2-3-12-19-16(21)14-17(22)20(18(19)23)13-8-7-11-15-9-5-4-6-10-15/h4-6,9-10H,2-3,7-8,11-14H2,1H3. The van der Waals surface area contributed by atoms with Crippen LogP contribution < -0.4 is 0 Å². The fraction of sp³-hybridized carbons (Fsp3) is 0.500. The molecule has 0 spiro atoms. The summed E-state index contributed by atoms with van der Waals surface area (Å²) in [4.78, 5) is 38.6. The van der Waals surface area contributed by atoms with Crippen LogP contribution in [0.1, 0.15) is 44.6 Å². The minimum absolute atomic E-state index is 0.186. The molecule has 0 atom stereocenters. The number of carbonyl (C=O) groups is 3. The normalized spacial score (nSPS) is 15.4. The third kappa shape index (κ3) is 4.65. The zero-order valence-electron chi connectivity index (χ0n) is 13.7. The van der Waals surface area contributed by atoms with Crippen LogP contribution in [-0.2, 0) is 16.0 Å². The Morgan fingerprint density at radius 1 is 0.870 bits per heavy atom. The van der Waals surface area contributed by atoms with Gasteiger partial charge in [0.2, 0.25) is 11.8 Å². The number of nitrogens with zero attached hydrogens (tertiary/aromatic N) is 2. The number of benzene rings is 1. The Morgan fingerprint density at radius 3 is 2.09 bits per heavy atom. The van der Waals surface area contributed by atoms with Crippen molar-refractivity contribution in [1.29, 1.82) is 0 Å². The van der Waals surface area contributed by atoms with E-state index in [1.54, 1.807) is 0 Å². The zero-order chi connectivity index (χ0) is 16.7. The Kier molecular flexibility index (Phi) is 6.32. The first-order valence-corrected chi connectivity index (χ1v) is 8.32. The van der Waals surface area contributed by atoms with Crippen LogP contribution in [0, 0.1) is 0 Å². The van der Waals surface area contributed by atoms with Crippen LogP contribution in [0.2, 0.25) is 0 Å². The summed E-state index contributed by atoms with van der Waals surface area (Å²) in [6.45, 7) is 2.80. The first-order valence-electron chi connectivity index (χ1n) is 8.32. The number of unbranched alkanes of at least 4 members (excludes halogenated alkanes) is 2. The minimum atomic E-state index is -0.445. The summed E-state index contributed by atoms with van der Waals surface area (Å²) in [7, 11) is 0. The Bertz CT molecular complexity index is 557. The smallest absolute Gasteiger partial charge is 0.274 e. The summed E-state index contributed by atoms with van der Waals surface area (Å²) < 4.78 is 0. The molecule has 4 amide bonds. The molecule has 1 fully saturated rings. The molecule has 1 aliphatic heterocycles. The maximum absolute atomic E-state index is 12.3. The van der Waals surface area contributed by atoms with E-state index in [2.05, 4.69) is 12.1 Å². The van der Waals surface area contributed by atoms with Crippen LogP contribution in [0.5, 0.6) is 0 Å². The average molecular weight is 316 g/mol. The molecule has 2 rings (SSSR count). The number of urea groups is 1. The van der Waals surface area contributed by atoms with Crippen molar-refractivity contribution < 1.29 is 14.4 Å². The molecular weight excluding hydrogens is 292 g/mol. The quantitative estimate of drug-likeness (QED) is 0.547. The van der Waals surface area contributed by atoms with E-state index in [1.807, 2.05) is 25.1 Å². The lowest BCUT2D eigenvalue weighted by Crippen LogP contribution is -2.55. The van der Waals surface area contributed by atoms with Gasteiger partial charge in [0, 0.05) is 13.1 Å². The molecule has 1 aromatic carbocycles. The van der Waals surface area contributed by atoms with Crippen molar-refractivity contribution in [3.05, 3.63) is 35.9 Å². The highest BCUT2D eigenvalue weighted by Gasteiger charge is 2.36. The minimum Gasteiger partial charge on any atom is -0.274 e. The van der Waals surface area contributed by atoms with E-state index in [0.717, 1.165) is 32.1 Å². The van der Waals surface area contributed by atoms with E-state index in [9.17, 15) is 14.4 Å². The van der Waals surface area contributed by atoms with Crippen LogP contribution in [0.15, 0.2) is 30.3 Å². The molecule has 0 aromatic heterocycles. The molecule has 5 nitrogen and oxygen atoms in total. The average Bonchev–Trinajstić information content (AvgIpc) is 2.54. The third-order valence-electron chi connectivity index (χ3n) is 4.04. The van der Waals surface area contributed by atoms with Crippen LogP contribution >= 0.6 is 0 Å². The number of hydrogen-bond donors (Lipinski definition) is 0. The van der Waals surface area contributed by atoms with Crippen molar-refractivity contribution in [3.63, 3.8) is 0 Å². The highest BCUT2D eigenvalue weighted by atomic mass is 16.2. The number of amides is 4. The van der Waals surface area contributed by atoms with Gasteiger partial charge in [0.25, 0.3) is 0 Å². The molecule has 0 radical (unpaired) electrons. The van der Waals surface area contributed by atoms with Gasteiger partial charge in [-0.2, -0.15) is 0 Å². The summed E-state index contributed by atoms with van der Waals surface area (Å²) in [6, 6.07) is 9.69. The highest BCUT2D eigenvalue weighted by Crippen LogP contribution is 2.15. The van der Waals surface area contributed by atoms with Gasteiger partial charge in [-0.25, -0.2) is 4.79 Å². The van der Waals surface area contributed by atoms with Crippen molar-refractivity contribution in [1.82, 2.24) is 9.80 Å². The molecule has 1 aromatic rings. The van der Waals surface area contributed by atoms with Gasteiger partial charge in [-0.15, -0.1) is 0 Å². The Morgan fingerprint density at radius 2 is 1.48 bits per heavy atom. The molecule has 23 heavy (non-hydrogen) atoms. The topological polar surface area (TPSA) is 57.7 Å². The van der Waals surface area contributed by atoms with Crippen molar-refractivity contribution in [3.8, 4) is 0 Å². The number of rotatable bonds is 8. The van der Waals surface area contributed by atoms with Gasteiger partial charge in [-0.3, -0.25) is 19.4 Å². The third-order valence-corrected chi connectivity index (χ3v) is 4.04. The van der Waals surface area contributed by atoms with Crippen LogP contribution in [-0.4, -0.2) is 40.7 Å². The summed E-state index contributed by atoms with van der Waals surface area (Å²) in [6.07, 6.45) is 4.07. The van der Waals surface area contributed by atoms with Crippen molar-refractivity contribution in [2.24, 2.45) is 0 Å². The van der Waals surface area contributed by atoms with Crippen LogP contribution in [0.3, 0.4) is 0 Å². The fourth-order valence-corrected chi connectivity index (χ4v) is 2.68. The van der Waals surface area contributed by atoms with Crippen LogP contribution in [0.4, 0.5) is 4.79 Å². The summed E-state index contributed by atoms with van der Waals surface area (Å²) in [5.41, 5.74) is 1.25. The molecule has 1 saturated heterocycles. The highest BCUT2D eigenvalue weighted by molar-refractivity contribution is 6.14. The molecule has 1 aliphatic rings. The second-order valence-electron chi connectivity index (χ2n) is 5.85. The number of barbiturate groups is 1. The van der Waals surface area contributed by atoms with Crippen molar-refractivity contribution in [2.75, 3.05) is 13.1 Å². The lowest BCUT2D eigenvalue weighted by molar-refractivity contribution is -0.142. The maximum Gasteiger partial charge on any atom is 0.333 e. The lowest BCUT2D eigenvalue weighted by atomic mass is 10.1. The molecule has 124 valence electrons. The second kappa shape index (κ2) is 8.46. The number of hydrogen-bond acceptors (Lipinski definition) is 3. The first kappa shape index (κ1) is 17.2. The molecular formula is C18H24N2O3. The molecule has 0 N–H and O–H groups in total. The van der Waals surface area contributed by atoms with Crippen molar-refractivity contribution >= 4 is 17.8 Å². The van der Waals surface area contributed by atoms with E-state index in [4.69, 9.17) is 0 Å². The van der Waals surface area contributed by atoms with E-state index in [1.165, 1.54) is 15.4 Å². The van der Waals surface area contributed by atoms with Gasteiger partial charge in [-0.05, 0) is 31.2 Å². The predicted octanol–water partition coefficient (Wildman–Crippen LogP) is 2.99. The molecule has 0 bridgehead atoms. The molecule has 0 saturated carbocycles. The van der Waals surface area contributed by atoms with Crippen LogP contribution in [0.25, 0.3) is 0 Å². The Balaban J connectivity index is 1.84. The molecule has 5 heteroatoms. The van der Waals surface area contributed by atoms with E-state index >= 15 is 0 Å². The predicted molar refractivity (Wildman–Crippen MR) is 87.7 cm³/mol. The second-order valence-corrected chi connectivity index (χ2v) is 5.85. The number of aryl methyl sites for hydroxylation is 1. The summed E-state index contributed by atoms with van der Waals surface area (Å²) in [5, 5.41) is 0. The number of imide groups is 2. The summed E-state index contributed by atoms with van der Waals surface area (Å²) in [5.74, 6) is -0.735. The fourth-order valence-electron chi connectivity index (χ4n) is 2.68. The molecule has 0 aliphatic carbocycles. The van der Waals surface area contributed by atoms with Gasteiger partial charge in [0.1, 0.15) is 6.42 Å². The first-order chi connectivity index (χ1) is 11.1. The van der Waals surface area contributed by atoms with E-state index < -0.39 is 6.03 Å². The Hall–Kier alpha value is -2.17. The number of carbonyl (C=O) groups excluding carboxylic acids is 3. The monoisotopic (exact) mass is 316 g/mol. The molecule has 0 unspecified atom stereocenters. The zero-order valence-corrected chi connectivity index (χ0v) is 13.7. The van der Waals surface area contributed by atoms with Crippen molar-refractivity contribution in [2.45, 2.75) is 45.4 Å². The van der Waals surface area contributed by atoms with E-state index in [0.29, 0.717) is 13.1 Å². The SMILES string of the molecule is CCCCN1C(=O)CC(=O)N(CCCCc2ccccc2)C1=O. The van der Waals surface area contributed by atoms with Gasteiger partial charge in [0.15, 0.2) is 0 Å². The van der Waals surface area contributed by atoms with Gasteiger partial charge in [0.05, 0.1) is 0 Å². The summed E-state index contributed by atoms with van der Waals surface area (Å²) >= 11 is 0. The maximum atomic E-state index is 12.3. The van der Waals surface area contributed by atoms with Gasteiger partial charge < -0.3 is 0 Å².